The molecule has 1 fully saturated rings. The van der Waals surface area contributed by atoms with Crippen LogP contribution in [-0.4, -0.2) is 55.4 Å². The summed E-state index contributed by atoms with van der Waals surface area (Å²) in [4.78, 5) is 13.9. The molecular weight excluding hydrogens is 342 g/mol. The molecule has 0 amide bonds. The Hall–Kier alpha value is -1.64. The van der Waals surface area contributed by atoms with Crippen molar-refractivity contribution in [1.82, 2.24) is 13.8 Å². The second kappa shape index (κ2) is 6.93. The highest BCUT2D eigenvalue weighted by Gasteiger charge is 2.33. The maximum Gasteiger partial charge on any atom is 0.419 e. The molecule has 0 unspecified atom stereocenters. The Labute approximate surface area is 147 Å². The van der Waals surface area contributed by atoms with Gasteiger partial charge in [-0.1, -0.05) is 6.42 Å². The molecule has 1 atom stereocenters. The molecule has 1 aromatic carbocycles. The van der Waals surface area contributed by atoms with Crippen LogP contribution in [0.1, 0.15) is 25.7 Å². The second-order valence-electron chi connectivity index (χ2n) is 6.91. The third kappa shape index (κ3) is 3.51. The van der Waals surface area contributed by atoms with Gasteiger partial charge in [0, 0.05) is 19.6 Å². The predicted octanol–water partition coefficient (Wildman–Crippen LogP) is 1.63. The van der Waals surface area contributed by atoms with Crippen LogP contribution in [0.3, 0.4) is 0 Å². The molecule has 8 heteroatoms. The molecule has 3 rings (SSSR count). The van der Waals surface area contributed by atoms with Crippen molar-refractivity contribution >= 4 is 21.1 Å². The lowest BCUT2D eigenvalue weighted by molar-refractivity contribution is 0.222. The van der Waals surface area contributed by atoms with Crippen LogP contribution in [0.4, 0.5) is 0 Å². The van der Waals surface area contributed by atoms with Crippen LogP contribution in [0.2, 0.25) is 0 Å². The zero-order chi connectivity index (χ0) is 18.2. The maximum absolute atomic E-state index is 13.2. The maximum atomic E-state index is 13.2. The van der Waals surface area contributed by atoms with Crippen molar-refractivity contribution in [3.05, 3.63) is 28.7 Å². The van der Waals surface area contributed by atoms with Crippen molar-refractivity contribution in [3.8, 4) is 0 Å². The number of aromatic nitrogens is 1. The predicted molar refractivity (Wildman–Crippen MR) is 96.2 cm³/mol. The van der Waals surface area contributed by atoms with Crippen LogP contribution in [0.5, 0.6) is 0 Å². The summed E-state index contributed by atoms with van der Waals surface area (Å²) >= 11 is 0. The minimum absolute atomic E-state index is 0.0185. The number of sulfonamides is 1. The summed E-state index contributed by atoms with van der Waals surface area (Å²) in [6.45, 7) is 1.40. The van der Waals surface area contributed by atoms with Crippen LogP contribution in [0.15, 0.2) is 32.3 Å². The van der Waals surface area contributed by atoms with Gasteiger partial charge in [0.25, 0.3) is 0 Å². The lowest BCUT2D eigenvalue weighted by atomic mass is 10.0. The molecule has 2 aromatic rings. The van der Waals surface area contributed by atoms with Gasteiger partial charge in [0.2, 0.25) is 10.0 Å². The lowest BCUT2D eigenvalue weighted by Gasteiger charge is -2.35. The van der Waals surface area contributed by atoms with E-state index in [2.05, 4.69) is 4.90 Å². The van der Waals surface area contributed by atoms with Gasteiger partial charge in [-0.25, -0.2) is 13.2 Å². The molecule has 0 saturated carbocycles. The largest absolute Gasteiger partial charge is 0.419 e. The molecule has 0 radical (unpaired) electrons. The quantitative estimate of drug-likeness (QED) is 0.803. The zero-order valence-electron chi connectivity index (χ0n) is 14.9. The Balaban J connectivity index is 1.96. The molecule has 1 aliphatic rings. The number of piperidine rings is 1. The van der Waals surface area contributed by atoms with Crippen molar-refractivity contribution in [1.29, 1.82) is 0 Å². The van der Waals surface area contributed by atoms with Gasteiger partial charge < -0.3 is 9.32 Å². The van der Waals surface area contributed by atoms with E-state index in [9.17, 15) is 13.2 Å². The van der Waals surface area contributed by atoms with Crippen molar-refractivity contribution in [2.75, 3.05) is 27.2 Å². The summed E-state index contributed by atoms with van der Waals surface area (Å²) in [6, 6.07) is 4.64. The van der Waals surface area contributed by atoms with Crippen LogP contribution in [0, 0.1) is 0 Å². The lowest BCUT2D eigenvalue weighted by Crippen LogP contribution is -2.44. The monoisotopic (exact) mass is 367 g/mol. The van der Waals surface area contributed by atoms with E-state index in [-0.39, 0.29) is 10.9 Å². The Kier molecular flexibility index (Phi) is 5.04. The van der Waals surface area contributed by atoms with Crippen LogP contribution in [-0.2, 0) is 17.1 Å². The van der Waals surface area contributed by atoms with Gasteiger partial charge in [-0.2, -0.15) is 4.31 Å². The van der Waals surface area contributed by atoms with Crippen molar-refractivity contribution in [3.63, 3.8) is 0 Å². The Morgan fingerprint density at radius 2 is 2.04 bits per heavy atom. The molecule has 0 N–H and O–H groups in total. The fourth-order valence-corrected chi connectivity index (χ4v) is 5.13. The fourth-order valence-electron chi connectivity index (χ4n) is 3.39. The van der Waals surface area contributed by atoms with E-state index in [4.69, 9.17) is 4.42 Å². The van der Waals surface area contributed by atoms with Crippen LogP contribution >= 0.6 is 0 Å². The average molecular weight is 367 g/mol. The number of rotatable bonds is 5. The van der Waals surface area contributed by atoms with E-state index in [1.54, 1.807) is 17.4 Å². The van der Waals surface area contributed by atoms with Gasteiger partial charge in [-0.15, -0.1) is 0 Å². The number of oxazole rings is 1. The fraction of sp³-hybridized carbons (Fsp3) is 0.588. The van der Waals surface area contributed by atoms with Crippen molar-refractivity contribution in [2.45, 2.75) is 36.6 Å². The van der Waals surface area contributed by atoms with E-state index < -0.39 is 15.8 Å². The molecule has 0 bridgehead atoms. The smallest absolute Gasteiger partial charge is 0.408 e. The number of nitrogens with zero attached hydrogens (tertiary/aromatic N) is 3. The van der Waals surface area contributed by atoms with Gasteiger partial charge in [-0.05, 0) is 58.1 Å². The van der Waals surface area contributed by atoms with E-state index in [0.717, 1.165) is 32.2 Å². The Morgan fingerprint density at radius 3 is 2.76 bits per heavy atom. The Bertz CT molecular complexity index is 914. The summed E-state index contributed by atoms with van der Waals surface area (Å²) in [6.07, 6.45) is 3.64. The van der Waals surface area contributed by atoms with Crippen molar-refractivity contribution < 1.29 is 12.8 Å². The number of hydrogen-bond donors (Lipinski definition) is 0. The molecule has 1 aromatic heterocycles. The van der Waals surface area contributed by atoms with Crippen molar-refractivity contribution in [2.24, 2.45) is 7.05 Å². The summed E-state index contributed by atoms with van der Waals surface area (Å²) in [7, 11) is 1.96. The number of aryl methyl sites for hydroxylation is 1. The number of benzene rings is 1. The van der Waals surface area contributed by atoms with E-state index in [1.165, 1.54) is 16.7 Å². The molecule has 0 aliphatic carbocycles. The molecule has 1 aliphatic heterocycles. The minimum Gasteiger partial charge on any atom is -0.408 e. The summed E-state index contributed by atoms with van der Waals surface area (Å²) < 4.78 is 34.5. The molecule has 25 heavy (non-hydrogen) atoms. The van der Waals surface area contributed by atoms with E-state index >= 15 is 0 Å². The Morgan fingerprint density at radius 1 is 1.28 bits per heavy atom. The highest BCUT2D eigenvalue weighted by molar-refractivity contribution is 7.89. The highest BCUT2D eigenvalue weighted by atomic mass is 32.2. The topological polar surface area (TPSA) is 75.8 Å². The first kappa shape index (κ1) is 18.2. The molecule has 7 nitrogen and oxygen atoms in total. The standard InChI is InChI=1S/C17H25N3O4S/c1-18(2)11-9-13-6-4-5-10-20(13)25(22,23)14-7-8-16-15(12-14)19(3)17(21)24-16/h7-8,12-13H,4-6,9-11H2,1-3H3/t13-/m1/s1. The van der Waals surface area contributed by atoms with Gasteiger partial charge in [-0.3, -0.25) is 4.57 Å². The third-order valence-corrected chi connectivity index (χ3v) is 6.80. The summed E-state index contributed by atoms with van der Waals surface area (Å²) in [5.41, 5.74) is 0.891. The summed E-state index contributed by atoms with van der Waals surface area (Å²) in [5, 5.41) is 0. The minimum atomic E-state index is -3.60. The molecule has 0 spiro atoms. The average Bonchev–Trinajstić information content (AvgIpc) is 2.87. The normalized spacial score (nSPS) is 19.8. The van der Waals surface area contributed by atoms with E-state index in [1.807, 2.05) is 14.1 Å². The second-order valence-corrected chi connectivity index (χ2v) is 8.80. The van der Waals surface area contributed by atoms with Gasteiger partial charge >= 0.3 is 5.76 Å². The molecule has 138 valence electrons. The first-order chi connectivity index (χ1) is 11.8. The van der Waals surface area contributed by atoms with Gasteiger partial charge in [0.15, 0.2) is 5.58 Å². The highest BCUT2D eigenvalue weighted by Crippen LogP contribution is 2.28. The summed E-state index contributed by atoms with van der Waals surface area (Å²) in [5.74, 6) is -0.494. The van der Waals surface area contributed by atoms with Crippen LogP contribution in [0.25, 0.3) is 11.1 Å². The number of fused-ring (bicyclic) bond motifs is 1. The molecular formula is C17H25N3O4S. The van der Waals surface area contributed by atoms with Gasteiger partial charge in [0.1, 0.15) is 0 Å². The first-order valence-electron chi connectivity index (χ1n) is 8.57. The van der Waals surface area contributed by atoms with Crippen LogP contribution < -0.4 is 5.76 Å². The molecule has 2 heterocycles. The first-order valence-corrected chi connectivity index (χ1v) is 10.0. The molecule has 1 saturated heterocycles. The van der Waals surface area contributed by atoms with Gasteiger partial charge in [0.05, 0.1) is 10.4 Å². The number of hydrogen-bond acceptors (Lipinski definition) is 5. The van der Waals surface area contributed by atoms with E-state index in [0.29, 0.717) is 17.6 Å². The SMILES string of the molecule is CN(C)CC[C@H]1CCCCN1S(=O)(=O)c1ccc2oc(=O)n(C)c2c1. The third-order valence-electron chi connectivity index (χ3n) is 4.85. The zero-order valence-corrected chi connectivity index (χ0v) is 15.8.